The van der Waals surface area contributed by atoms with E-state index in [1.54, 1.807) is 26.0 Å². The minimum atomic E-state index is -2.08. The Kier molecular flexibility index (Phi) is 5.61. The molecule has 1 aromatic heterocycles. The third kappa shape index (κ3) is 3.01. The molecule has 0 saturated carbocycles. The van der Waals surface area contributed by atoms with Crippen LogP contribution in [0.1, 0.15) is 19.4 Å². The summed E-state index contributed by atoms with van der Waals surface area (Å²) >= 11 is 3.36. The summed E-state index contributed by atoms with van der Waals surface area (Å²) in [5, 5.41) is 2.90. The molecule has 0 aliphatic heterocycles. The highest BCUT2D eigenvalue weighted by atomic mass is 79.9. The molecule has 2 aromatic rings. The summed E-state index contributed by atoms with van der Waals surface area (Å²) in [6, 6.07) is 5.33. The van der Waals surface area contributed by atoms with Gasteiger partial charge in [0.2, 0.25) is 6.41 Å². The lowest BCUT2D eigenvalue weighted by molar-refractivity contribution is -0.167. The fraction of sp³-hybridized carbons (Fsp3) is 0.312. The molecule has 1 aromatic carbocycles. The number of rotatable bonds is 7. The number of fused-ring (bicyclic) bond motifs is 1. The lowest BCUT2D eigenvalue weighted by Crippen LogP contribution is -2.56. The fourth-order valence-corrected chi connectivity index (χ4v) is 2.83. The van der Waals surface area contributed by atoms with Crippen LogP contribution >= 0.6 is 15.9 Å². The Balaban J connectivity index is 2.74. The number of halogens is 1. The van der Waals surface area contributed by atoms with Crippen molar-refractivity contribution < 1.29 is 23.9 Å². The molecule has 8 heteroatoms. The maximum Gasteiger partial charge on any atom is 0.348 e. The summed E-state index contributed by atoms with van der Waals surface area (Å²) in [7, 11) is 0. The normalized spacial score (nSPS) is 11.1. The van der Waals surface area contributed by atoms with Crippen molar-refractivity contribution in [2.45, 2.75) is 19.4 Å². The SMILES string of the molecule is CCOC(=O)C(NC=O)(C(=O)OCC)c1c[nH]c2ccc(Br)cc12. The number of carbonyl (C=O) groups excluding carboxylic acids is 3. The number of esters is 2. The van der Waals surface area contributed by atoms with Crippen LogP contribution in [0.4, 0.5) is 0 Å². The smallest absolute Gasteiger partial charge is 0.348 e. The van der Waals surface area contributed by atoms with Crippen LogP contribution in [0.2, 0.25) is 0 Å². The third-order valence-corrected chi connectivity index (χ3v) is 3.98. The van der Waals surface area contributed by atoms with Crippen LogP contribution in [0.15, 0.2) is 28.9 Å². The Morgan fingerprint density at radius 3 is 2.42 bits per heavy atom. The largest absolute Gasteiger partial charge is 0.464 e. The molecule has 2 rings (SSSR count). The first kappa shape index (κ1) is 18.0. The fourth-order valence-electron chi connectivity index (χ4n) is 2.47. The highest BCUT2D eigenvalue weighted by molar-refractivity contribution is 9.10. The Labute approximate surface area is 146 Å². The van der Waals surface area contributed by atoms with Crippen LogP contribution < -0.4 is 5.32 Å². The van der Waals surface area contributed by atoms with Crippen LogP contribution in [0.25, 0.3) is 10.9 Å². The molecular weight excluding hydrogens is 380 g/mol. The van der Waals surface area contributed by atoms with Gasteiger partial charge in [-0.1, -0.05) is 15.9 Å². The molecule has 1 amide bonds. The average Bonchev–Trinajstić information content (AvgIpc) is 2.96. The predicted molar refractivity (Wildman–Crippen MR) is 90.1 cm³/mol. The number of nitrogens with one attached hydrogen (secondary N) is 2. The number of benzene rings is 1. The van der Waals surface area contributed by atoms with Crippen LogP contribution in [-0.2, 0) is 29.4 Å². The van der Waals surface area contributed by atoms with Crippen molar-refractivity contribution in [3.05, 3.63) is 34.4 Å². The molecule has 128 valence electrons. The zero-order valence-corrected chi connectivity index (χ0v) is 14.8. The van der Waals surface area contributed by atoms with E-state index in [2.05, 4.69) is 26.2 Å². The molecule has 0 atom stereocenters. The van der Waals surface area contributed by atoms with E-state index in [0.29, 0.717) is 10.9 Å². The van der Waals surface area contributed by atoms with Crippen molar-refractivity contribution in [2.75, 3.05) is 13.2 Å². The van der Waals surface area contributed by atoms with Gasteiger partial charge in [0, 0.05) is 27.1 Å². The first-order valence-electron chi connectivity index (χ1n) is 7.34. The van der Waals surface area contributed by atoms with Crippen LogP contribution in [0, 0.1) is 0 Å². The van der Waals surface area contributed by atoms with E-state index >= 15 is 0 Å². The molecular formula is C16H17BrN2O5. The Morgan fingerprint density at radius 1 is 1.25 bits per heavy atom. The molecule has 1 heterocycles. The number of aromatic amines is 1. The predicted octanol–water partition coefficient (Wildman–Crippen LogP) is 2.00. The van der Waals surface area contributed by atoms with E-state index in [4.69, 9.17) is 9.47 Å². The maximum absolute atomic E-state index is 12.6. The van der Waals surface area contributed by atoms with E-state index < -0.39 is 17.5 Å². The lowest BCUT2D eigenvalue weighted by Gasteiger charge is -2.28. The zero-order chi connectivity index (χ0) is 17.7. The zero-order valence-electron chi connectivity index (χ0n) is 13.2. The molecule has 0 aliphatic rings. The lowest BCUT2D eigenvalue weighted by atomic mass is 9.89. The number of carbonyl (C=O) groups is 3. The maximum atomic E-state index is 12.6. The molecule has 2 N–H and O–H groups in total. The number of amides is 1. The second-order valence-electron chi connectivity index (χ2n) is 4.85. The minimum Gasteiger partial charge on any atom is -0.464 e. The van der Waals surface area contributed by atoms with Gasteiger partial charge in [0.15, 0.2) is 0 Å². The second kappa shape index (κ2) is 7.48. The number of hydrogen-bond acceptors (Lipinski definition) is 5. The summed E-state index contributed by atoms with van der Waals surface area (Å²) in [6.45, 7) is 3.32. The molecule has 0 radical (unpaired) electrons. The Morgan fingerprint density at radius 2 is 1.88 bits per heavy atom. The summed E-state index contributed by atoms with van der Waals surface area (Å²) in [6.07, 6.45) is 1.77. The van der Waals surface area contributed by atoms with Crippen molar-refractivity contribution in [1.29, 1.82) is 0 Å². The highest BCUT2D eigenvalue weighted by Gasteiger charge is 2.52. The van der Waals surface area contributed by atoms with Crippen LogP contribution in [0.3, 0.4) is 0 Å². The van der Waals surface area contributed by atoms with Gasteiger partial charge in [0.25, 0.3) is 5.54 Å². The van der Waals surface area contributed by atoms with Gasteiger partial charge in [-0.15, -0.1) is 0 Å². The van der Waals surface area contributed by atoms with Gasteiger partial charge >= 0.3 is 11.9 Å². The van der Waals surface area contributed by atoms with Gasteiger partial charge in [-0.25, -0.2) is 9.59 Å². The van der Waals surface area contributed by atoms with E-state index in [9.17, 15) is 14.4 Å². The molecule has 7 nitrogen and oxygen atoms in total. The van der Waals surface area contributed by atoms with Crippen LogP contribution in [-0.4, -0.2) is 36.5 Å². The number of hydrogen-bond donors (Lipinski definition) is 2. The van der Waals surface area contributed by atoms with E-state index in [1.807, 2.05) is 6.07 Å². The molecule has 0 unspecified atom stereocenters. The van der Waals surface area contributed by atoms with Gasteiger partial charge in [0.05, 0.1) is 13.2 Å². The van der Waals surface area contributed by atoms with Gasteiger partial charge in [-0.3, -0.25) is 4.79 Å². The summed E-state index contributed by atoms with van der Waals surface area (Å²) in [5.41, 5.74) is -1.13. The number of H-pyrrole nitrogens is 1. The molecule has 0 bridgehead atoms. The second-order valence-corrected chi connectivity index (χ2v) is 5.76. The summed E-state index contributed by atoms with van der Waals surface area (Å²) in [5.74, 6) is -1.81. The standard InChI is InChI=1S/C16H17BrN2O5/c1-3-23-14(21)16(19-9-20,15(22)24-4-2)12-8-18-13-6-5-10(17)7-11(12)13/h5-9,18H,3-4H2,1-2H3,(H,19,20). The molecule has 0 fully saturated rings. The van der Waals surface area contributed by atoms with E-state index in [1.165, 1.54) is 6.20 Å². The first-order valence-corrected chi connectivity index (χ1v) is 8.13. The van der Waals surface area contributed by atoms with Crippen LogP contribution in [0.5, 0.6) is 0 Å². The number of ether oxygens (including phenoxy) is 2. The van der Waals surface area contributed by atoms with Gasteiger partial charge in [-0.2, -0.15) is 0 Å². The molecule has 0 aliphatic carbocycles. The molecule has 0 spiro atoms. The Hall–Kier alpha value is -2.35. The summed E-state index contributed by atoms with van der Waals surface area (Å²) < 4.78 is 10.8. The molecule has 0 saturated heterocycles. The highest BCUT2D eigenvalue weighted by Crippen LogP contribution is 2.33. The average molecular weight is 397 g/mol. The van der Waals surface area contributed by atoms with Crippen molar-refractivity contribution in [1.82, 2.24) is 10.3 Å². The van der Waals surface area contributed by atoms with Gasteiger partial charge in [0.1, 0.15) is 0 Å². The molecule has 24 heavy (non-hydrogen) atoms. The number of aromatic nitrogens is 1. The van der Waals surface area contributed by atoms with E-state index in [0.717, 1.165) is 4.47 Å². The third-order valence-electron chi connectivity index (χ3n) is 3.49. The van der Waals surface area contributed by atoms with Gasteiger partial charge < -0.3 is 19.8 Å². The van der Waals surface area contributed by atoms with Gasteiger partial charge in [-0.05, 0) is 32.0 Å². The Bertz CT molecular complexity index is 753. The minimum absolute atomic E-state index is 0.0482. The van der Waals surface area contributed by atoms with Crippen molar-refractivity contribution >= 4 is 45.2 Å². The summed E-state index contributed by atoms with van der Waals surface area (Å²) in [4.78, 5) is 39.4. The van der Waals surface area contributed by atoms with Crippen molar-refractivity contribution in [2.24, 2.45) is 0 Å². The first-order chi connectivity index (χ1) is 11.5. The van der Waals surface area contributed by atoms with Crippen molar-refractivity contribution in [3.8, 4) is 0 Å². The topological polar surface area (TPSA) is 97.5 Å². The quantitative estimate of drug-likeness (QED) is 0.423. The van der Waals surface area contributed by atoms with Crippen molar-refractivity contribution in [3.63, 3.8) is 0 Å². The monoisotopic (exact) mass is 396 g/mol. The van der Waals surface area contributed by atoms with E-state index in [-0.39, 0.29) is 25.2 Å².